The molecule has 26 heavy (non-hydrogen) atoms. The Labute approximate surface area is 150 Å². The van der Waals surface area contributed by atoms with Crippen molar-refractivity contribution in [2.45, 2.75) is 37.9 Å². The molecule has 0 radical (unpaired) electrons. The maximum absolute atomic E-state index is 14.5. The average molecular weight is 357 g/mol. The highest BCUT2D eigenvalue weighted by Gasteiger charge is 2.26. The van der Waals surface area contributed by atoms with Crippen LogP contribution in [-0.2, 0) is 7.05 Å². The minimum Gasteiger partial charge on any atom is -0.378 e. The van der Waals surface area contributed by atoms with Crippen LogP contribution in [0.25, 0.3) is 27.7 Å². The van der Waals surface area contributed by atoms with E-state index >= 15 is 0 Å². The van der Waals surface area contributed by atoms with E-state index < -0.39 is 12.0 Å². The molecule has 2 heterocycles. The van der Waals surface area contributed by atoms with Crippen LogP contribution in [0.1, 0.15) is 31.4 Å². The van der Waals surface area contributed by atoms with Gasteiger partial charge in [-0.2, -0.15) is 10.2 Å². The van der Waals surface area contributed by atoms with Gasteiger partial charge in [-0.1, -0.05) is 19.4 Å². The summed E-state index contributed by atoms with van der Waals surface area (Å²) in [5, 5.41) is 14.8. The number of hydrogen-bond donors (Lipinski definition) is 2. The van der Waals surface area contributed by atoms with Gasteiger partial charge in [-0.25, -0.2) is 8.78 Å². The minimum atomic E-state index is -0.891. The molecular weight excluding hydrogens is 336 g/mol. The number of nitrogens with zero attached hydrogens (tertiary/aromatic N) is 3. The molecule has 0 spiro atoms. The summed E-state index contributed by atoms with van der Waals surface area (Å²) in [6.45, 7) is 4.02. The Bertz CT molecular complexity index is 958. The second kappa shape index (κ2) is 6.55. The van der Waals surface area contributed by atoms with Crippen molar-refractivity contribution in [3.63, 3.8) is 0 Å². The van der Waals surface area contributed by atoms with E-state index in [1.54, 1.807) is 10.9 Å². The number of rotatable bonds is 4. The Kier molecular flexibility index (Phi) is 4.22. The van der Waals surface area contributed by atoms with Crippen molar-refractivity contribution in [3.8, 4) is 11.1 Å². The van der Waals surface area contributed by atoms with Crippen molar-refractivity contribution in [2.75, 3.05) is 0 Å². The van der Waals surface area contributed by atoms with Crippen LogP contribution in [0.15, 0.2) is 31.1 Å². The van der Waals surface area contributed by atoms with Gasteiger partial charge in [-0.15, -0.1) is 0 Å². The number of aromatic amines is 1. The molecule has 1 aliphatic carbocycles. The summed E-state index contributed by atoms with van der Waals surface area (Å²) in [4.78, 5) is 0. The molecule has 136 valence electrons. The van der Waals surface area contributed by atoms with Gasteiger partial charge in [0.1, 0.15) is 11.7 Å². The fourth-order valence-electron chi connectivity index (χ4n) is 3.59. The summed E-state index contributed by atoms with van der Waals surface area (Å²) in [5.41, 5.74) is 2.89. The first-order valence-electron chi connectivity index (χ1n) is 8.79. The van der Waals surface area contributed by atoms with Crippen LogP contribution in [-0.4, -0.2) is 32.2 Å². The summed E-state index contributed by atoms with van der Waals surface area (Å²) in [6, 6.07) is 3.04. The number of nitrogens with one attached hydrogen (secondary N) is 2. The molecule has 1 unspecified atom stereocenters. The van der Waals surface area contributed by atoms with E-state index in [9.17, 15) is 8.78 Å². The molecule has 1 aromatic carbocycles. The van der Waals surface area contributed by atoms with Crippen LogP contribution in [0.4, 0.5) is 8.78 Å². The monoisotopic (exact) mass is 357 g/mol. The summed E-state index contributed by atoms with van der Waals surface area (Å²) in [7, 11) is 1.81. The van der Waals surface area contributed by atoms with Gasteiger partial charge in [-0.3, -0.25) is 9.78 Å². The van der Waals surface area contributed by atoms with Crippen molar-refractivity contribution in [1.82, 2.24) is 25.3 Å². The first-order chi connectivity index (χ1) is 12.5. The van der Waals surface area contributed by atoms with Crippen LogP contribution in [0.2, 0.25) is 0 Å². The Morgan fingerprint density at radius 3 is 2.85 bits per heavy atom. The third-order valence-corrected chi connectivity index (χ3v) is 4.99. The standard InChI is InChI=1S/C19H21F2N5/c1-11(23-17-6-4-3-5-15(17)20)18-14-7-12(13-9-22-26(2)10-13)8-16(21)19(14)25-24-18/h7-10,15,17,23H,1,3-6H2,2H3,(H,24,25)/t15?,17-/m1/s1. The number of hydrogen-bond acceptors (Lipinski definition) is 3. The first kappa shape index (κ1) is 16.8. The lowest BCUT2D eigenvalue weighted by Crippen LogP contribution is -2.38. The molecule has 3 aromatic rings. The van der Waals surface area contributed by atoms with Crippen molar-refractivity contribution in [1.29, 1.82) is 0 Å². The molecule has 5 nitrogen and oxygen atoms in total. The lowest BCUT2D eigenvalue weighted by atomic mass is 9.93. The van der Waals surface area contributed by atoms with E-state index in [0.29, 0.717) is 28.8 Å². The largest absolute Gasteiger partial charge is 0.378 e. The molecular formula is C19H21F2N5. The zero-order valence-corrected chi connectivity index (χ0v) is 14.6. The second-order valence-corrected chi connectivity index (χ2v) is 6.89. The minimum absolute atomic E-state index is 0.246. The maximum atomic E-state index is 14.5. The Balaban J connectivity index is 1.69. The Morgan fingerprint density at radius 2 is 2.12 bits per heavy atom. The average Bonchev–Trinajstić information content (AvgIpc) is 3.23. The van der Waals surface area contributed by atoms with Crippen LogP contribution >= 0.6 is 0 Å². The molecule has 2 atom stereocenters. The van der Waals surface area contributed by atoms with E-state index in [2.05, 4.69) is 27.2 Å². The highest BCUT2D eigenvalue weighted by Crippen LogP contribution is 2.30. The van der Waals surface area contributed by atoms with Gasteiger partial charge in [-0.05, 0) is 30.5 Å². The third kappa shape index (κ3) is 2.98. The fourth-order valence-corrected chi connectivity index (χ4v) is 3.59. The molecule has 0 saturated heterocycles. The van der Waals surface area contributed by atoms with Crippen LogP contribution in [0, 0.1) is 5.82 Å². The van der Waals surface area contributed by atoms with Crippen LogP contribution < -0.4 is 5.32 Å². The molecule has 4 rings (SSSR count). The lowest BCUT2D eigenvalue weighted by Gasteiger charge is -2.28. The van der Waals surface area contributed by atoms with E-state index in [1.165, 1.54) is 6.07 Å². The number of benzene rings is 1. The number of halogens is 2. The van der Waals surface area contributed by atoms with Gasteiger partial charge < -0.3 is 5.32 Å². The molecule has 2 N–H and O–H groups in total. The molecule has 2 aromatic heterocycles. The van der Waals surface area contributed by atoms with Gasteiger partial charge in [0.05, 0.1) is 23.6 Å². The van der Waals surface area contributed by atoms with Gasteiger partial charge in [0.2, 0.25) is 0 Å². The SMILES string of the molecule is C=C(N[C@@H]1CCCCC1F)c1[nH]nc2c(F)cc(-c3cnn(C)c3)cc12. The molecule has 0 bridgehead atoms. The van der Waals surface area contributed by atoms with Gasteiger partial charge in [0.25, 0.3) is 0 Å². The predicted molar refractivity (Wildman–Crippen MR) is 97.6 cm³/mol. The molecule has 0 aliphatic heterocycles. The topological polar surface area (TPSA) is 58.5 Å². The van der Waals surface area contributed by atoms with Gasteiger partial charge >= 0.3 is 0 Å². The van der Waals surface area contributed by atoms with Crippen molar-refractivity contribution >= 4 is 16.6 Å². The Morgan fingerprint density at radius 1 is 1.31 bits per heavy atom. The van der Waals surface area contributed by atoms with Crippen LogP contribution in [0.3, 0.4) is 0 Å². The normalized spacial score (nSPS) is 20.4. The molecule has 7 heteroatoms. The molecule has 1 fully saturated rings. The number of aromatic nitrogens is 4. The molecule has 0 amide bonds. The van der Waals surface area contributed by atoms with Crippen molar-refractivity contribution < 1.29 is 8.78 Å². The predicted octanol–water partition coefficient (Wildman–Crippen LogP) is 3.94. The quantitative estimate of drug-likeness (QED) is 0.743. The van der Waals surface area contributed by atoms with E-state index in [1.807, 2.05) is 19.3 Å². The lowest BCUT2D eigenvalue weighted by molar-refractivity contribution is 0.203. The number of H-pyrrole nitrogens is 1. The fraction of sp³-hybridized carbons (Fsp3) is 0.368. The Hall–Kier alpha value is -2.70. The zero-order valence-electron chi connectivity index (χ0n) is 14.6. The van der Waals surface area contributed by atoms with Gasteiger partial charge in [0, 0.05) is 24.2 Å². The van der Waals surface area contributed by atoms with E-state index in [0.717, 1.165) is 24.8 Å². The number of aryl methyl sites for hydroxylation is 1. The second-order valence-electron chi connectivity index (χ2n) is 6.89. The summed E-state index contributed by atoms with van der Waals surface area (Å²) < 4.78 is 30.3. The first-order valence-corrected chi connectivity index (χ1v) is 8.79. The van der Waals surface area contributed by atoms with Crippen molar-refractivity contribution in [2.24, 2.45) is 7.05 Å². The van der Waals surface area contributed by atoms with Crippen molar-refractivity contribution in [3.05, 3.63) is 42.6 Å². The van der Waals surface area contributed by atoms with E-state index in [-0.39, 0.29) is 11.6 Å². The van der Waals surface area contributed by atoms with Gasteiger partial charge in [0.15, 0.2) is 5.82 Å². The zero-order chi connectivity index (χ0) is 18.3. The third-order valence-electron chi connectivity index (χ3n) is 4.99. The number of alkyl halides is 1. The smallest absolute Gasteiger partial charge is 0.151 e. The molecule has 1 saturated carbocycles. The summed E-state index contributed by atoms with van der Waals surface area (Å²) in [5.74, 6) is -0.419. The highest BCUT2D eigenvalue weighted by atomic mass is 19.1. The van der Waals surface area contributed by atoms with E-state index in [4.69, 9.17) is 0 Å². The maximum Gasteiger partial charge on any atom is 0.151 e. The highest BCUT2D eigenvalue weighted by molar-refractivity contribution is 5.93. The summed E-state index contributed by atoms with van der Waals surface area (Å²) >= 11 is 0. The van der Waals surface area contributed by atoms with Crippen LogP contribution in [0.5, 0.6) is 0 Å². The number of fused-ring (bicyclic) bond motifs is 1. The summed E-state index contributed by atoms with van der Waals surface area (Å²) in [6.07, 6.45) is 5.85. The molecule has 1 aliphatic rings.